The van der Waals surface area contributed by atoms with Crippen molar-refractivity contribution in [3.63, 3.8) is 0 Å². The number of hydrogen-bond acceptors (Lipinski definition) is 3. The third-order valence-corrected chi connectivity index (χ3v) is 4.82. The van der Waals surface area contributed by atoms with Gasteiger partial charge in [-0.3, -0.25) is 0 Å². The Morgan fingerprint density at radius 2 is 2.18 bits per heavy atom. The highest BCUT2D eigenvalue weighted by molar-refractivity contribution is 7.99. The zero-order chi connectivity index (χ0) is 12.3. The summed E-state index contributed by atoms with van der Waals surface area (Å²) in [7, 11) is 0. The van der Waals surface area contributed by atoms with E-state index in [0.717, 1.165) is 19.3 Å². The van der Waals surface area contributed by atoms with Gasteiger partial charge in [0.25, 0.3) is 0 Å². The molecule has 0 aliphatic heterocycles. The summed E-state index contributed by atoms with van der Waals surface area (Å²) in [5.74, 6) is 0. The number of carbonyl (C=O) groups excluding carboxylic acids is 1. The molecule has 0 radical (unpaired) electrons. The molecule has 0 spiro atoms. The van der Waals surface area contributed by atoms with E-state index in [0.29, 0.717) is 23.9 Å². The molecule has 5 heteroatoms. The van der Waals surface area contributed by atoms with Gasteiger partial charge < -0.3 is 15.3 Å². The number of hydrogen-bond donors (Lipinski definition) is 2. The van der Waals surface area contributed by atoms with E-state index in [4.69, 9.17) is 5.11 Å². The molecule has 17 heavy (non-hydrogen) atoms. The van der Waals surface area contributed by atoms with Gasteiger partial charge in [-0.25, -0.2) is 4.79 Å². The van der Waals surface area contributed by atoms with Crippen LogP contribution in [0.4, 0.5) is 4.79 Å². The van der Waals surface area contributed by atoms with Crippen LogP contribution in [0.5, 0.6) is 0 Å². The minimum Gasteiger partial charge on any atom is -0.395 e. The van der Waals surface area contributed by atoms with Gasteiger partial charge in [-0.05, 0) is 31.9 Å². The third kappa shape index (κ3) is 3.28. The zero-order valence-corrected chi connectivity index (χ0v) is 11.2. The van der Waals surface area contributed by atoms with Crippen molar-refractivity contribution in [2.45, 2.75) is 49.4 Å². The molecule has 2 saturated carbocycles. The van der Waals surface area contributed by atoms with Gasteiger partial charge >= 0.3 is 6.03 Å². The van der Waals surface area contributed by atoms with E-state index >= 15 is 0 Å². The molecule has 2 aliphatic rings. The first-order valence-corrected chi connectivity index (χ1v) is 7.76. The van der Waals surface area contributed by atoms with E-state index < -0.39 is 0 Å². The summed E-state index contributed by atoms with van der Waals surface area (Å²) in [6.45, 7) is 0.522. The molecule has 2 rings (SSSR count). The summed E-state index contributed by atoms with van der Waals surface area (Å²) >= 11 is 1.85. The second kappa shape index (κ2) is 5.96. The van der Waals surface area contributed by atoms with Crippen LogP contribution in [-0.4, -0.2) is 52.8 Å². The van der Waals surface area contributed by atoms with Gasteiger partial charge in [0.15, 0.2) is 0 Å². The Bertz CT molecular complexity index is 271. The number of rotatable bonds is 5. The minimum atomic E-state index is 0.0208. The number of carbonyl (C=O) groups is 1. The Hall–Kier alpha value is -0.420. The molecule has 0 bridgehead atoms. The quantitative estimate of drug-likeness (QED) is 0.784. The molecule has 0 saturated heterocycles. The van der Waals surface area contributed by atoms with E-state index in [2.05, 4.69) is 11.6 Å². The molecule has 2 atom stereocenters. The van der Waals surface area contributed by atoms with Crippen LogP contribution < -0.4 is 5.32 Å². The van der Waals surface area contributed by atoms with E-state index in [1.165, 1.54) is 12.8 Å². The van der Waals surface area contributed by atoms with Crippen molar-refractivity contribution in [3.05, 3.63) is 0 Å². The summed E-state index contributed by atoms with van der Waals surface area (Å²) in [6, 6.07) is 0.709. The van der Waals surface area contributed by atoms with Crippen LogP contribution in [0.25, 0.3) is 0 Å². The van der Waals surface area contributed by atoms with Crippen molar-refractivity contribution in [1.29, 1.82) is 0 Å². The van der Waals surface area contributed by atoms with Crippen molar-refractivity contribution in [2.24, 2.45) is 0 Å². The lowest BCUT2D eigenvalue weighted by atomic mass is 10.2. The maximum absolute atomic E-state index is 12.1. The molecule has 4 nitrogen and oxygen atoms in total. The van der Waals surface area contributed by atoms with E-state index in [1.807, 2.05) is 11.8 Å². The van der Waals surface area contributed by atoms with Gasteiger partial charge in [-0.1, -0.05) is 6.42 Å². The molecule has 0 heterocycles. The molecule has 0 aromatic rings. The average molecular weight is 258 g/mol. The van der Waals surface area contributed by atoms with E-state index in [-0.39, 0.29) is 12.6 Å². The van der Waals surface area contributed by atoms with Gasteiger partial charge in [0.05, 0.1) is 6.61 Å². The Kier molecular flexibility index (Phi) is 4.56. The first-order valence-electron chi connectivity index (χ1n) is 6.47. The fraction of sp³-hybridized carbons (Fsp3) is 0.917. The Morgan fingerprint density at radius 3 is 2.76 bits per heavy atom. The lowest BCUT2D eigenvalue weighted by Crippen LogP contribution is -2.48. The second-order valence-electron chi connectivity index (χ2n) is 4.91. The van der Waals surface area contributed by atoms with Crippen LogP contribution in [0.1, 0.15) is 32.1 Å². The van der Waals surface area contributed by atoms with E-state index in [9.17, 15) is 4.79 Å². The summed E-state index contributed by atoms with van der Waals surface area (Å²) in [5.41, 5.74) is 0. The topological polar surface area (TPSA) is 52.6 Å². The summed E-state index contributed by atoms with van der Waals surface area (Å²) < 4.78 is 0. The van der Waals surface area contributed by atoms with Crippen molar-refractivity contribution >= 4 is 17.8 Å². The number of nitrogens with zero attached hydrogens (tertiary/aromatic N) is 1. The lowest BCUT2D eigenvalue weighted by Gasteiger charge is -2.26. The highest BCUT2D eigenvalue weighted by atomic mass is 32.2. The zero-order valence-electron chi connectivity index (χ0n) is 10.4. The molecule has 2 N–H and O–H groups in total. The normalized spacial score (nSPS) is 28.1. The van der Waals surface area contributed by atoms with Gasteiger partial charge in [-0.2, -0.15) is 11.8 Å². The number of aliphatic hydroxyl groups excluding tert-OH is 1. The van der Waals surface area contributed by atoms with Crippen molar-refractivity contribution in [1.82, 2.24) is 10.2 Å². The average Bonchev–Trinajstić information content (AvgIpc) is 3.06. The highest BCUT2D eigenvalue weighted by Gasteiger charge is 2.35. The first kappa shape index (κ1) is 13.0. The Balaban J connectivity index is 1.85. The molecular weight excluding hydrogens is 236 g/mol. The lowest BCUT2D eigenvalue weighted by molar-refractivity contribution is 0.171. The molecule has 2 fully saturated rings. The van der Waals surface area contributed by atoms with Crippen LogP contribution in [0.15, 0.2) is 0 Å². The molecule has 0 aromatic heterocycles. The maximum atomic E-state index is 12.1. The Morgan fingerprint density at radius 1 is 1.41 bits per heavy atom. The predicted octanol–water partition coefficient (Wildman–Crippen LogP) is 1.44. The molecular formula is C12H22N2O2S. The van der Waals surface area contributed by atoms with Gasteiger partial charge in [0.2, 0.25) is 0 Å². The van der Waals surface area contributed by atoms with Gasteiger partial charge in [0.1, 0.15) is 0 Å². The van der Waals surface area contributed by atoms with Crippen molar-refractivity contribution < 1.29 is 9.90 Å². The predicted molar refractivity (Wildman–Crippen MR) is 70.3 cm³/mol. The fourth-order valence-electron chi connectivity index (χ4n) is 2.56. The minimum absolute atomic E-state index is 0.0208. The van der Waals surface area contributed by atoms with Crippen LogP contribution in [0.2, 0.25) is 0 Å². The first-order chi connectivity index (χ1) is 8.26. The standard InChI is InChI=1S/C12H22N2O2S/c1-17-11-4-2-3-10(11)13-12(16)14(7-8-15)9-5-6-9/h9-11,15H,2-8H2,1H3,(H,13,16)/t10-,11-/m0/s1. The summed E-state index contributed by atoms with van der Waals surface area (Å²) in [4.78, 5) is 13.9. The fourth-order valence-corrected chi connectivity index (χ4v) is 3.49. The van der Waals surface area contributed by atoms with Gasteiger partial charge in [-0.15, -0.1) is 0 Å². The number of amides is 2. The number of thioether (sulfide) groups is 1. The Labute approximate surface area is 107 Å². The SMILES string of the molecule is CS[C@H]1CCC[C@@H]1NC(=O)N(CCO)C1CC1. The number of nitrogens with one attached hydrogen (secondary N) is 1. The molecule has 0 aromatic carbocycles. The monoisotopic (exact) mass is 258 g/mol. The largest absolute Gasteiger partial charge is 0.395 e. The van der Waals surface area contributed by atoms with Crippen LogP contribution in [0.3, 0.4) is 0 Å². The third-order valence-electron chi connectivity index (χ3n) is 3.65. The van der Waals surface area contributed by atoms with Crippen molar-refractivity contribution in [3.8, 4) is 0 Å². The smallest absolute Gasteiger partial charge is 0.317 e. The van der Waals surface area contributed by atoms with Gasteiger partial charge in [0, 0.05) is 23.9 Å². The van der Waals surface area contributed by atoms with Crippen LogP contribution in [0, 0.1) is 0 Å². The second-order valence-corrected chi connectivity index (χ2v) is 5.99. The summed E-state index contributed by atoms with van der Waals surface area (Å²) in [6.07, 6.45) is 7.79. The molecule has 2 aliphatic carbocycles. The van der Waals surface area contributed by atoms with E-state index in [1.54, 1.807) is 4.90 Å². The molecule has 2 amide bonds. The number of aliphatic hydroxyl groups is 1. The summed E-state index contributed by atoms with van der Waals surface area (Å²) in [5, 5.41) is 12.7. The van der Waals surface area contributed by atoms with Crippen molar-refractivity contribution in [2.75, 3.05) is 19.4 Å². The number of urea groups is 1. The van der Waals surface area contributed by atoms with Crippen LogP contribution >= 0.6 is 11.8 Å². The maximum Gasteiger partial charge on any atom is 0.317 e. The highest BCUT2D eigenvalue weighted by Crippen LogP contribution is 2.30. The van der Waals surface area contributed by atoms with Crippen LogP contribution in [-0.2, 0) is 0 Å². The molecule has 98 valence electrons. The molecule has 0 unspecified atom stereocenters.